The number of aromatic nitrogens is 2. The van der Waals surface area contributed by atoms with Crippen molar-refractivity contribution in [1.82, 2.24) is 15.0 Å². The SMILES string of the molecule is CN(Cc1nc(-c2cccc(Cl)c2)no1)CC(C)(CO)CO. The zero-order valence-corrected chi connectivity index (χ0v) is 13.4. The monoisotopic (exact) mass is 325 g/mol. The van der Waals surface area contributed by atoms with Gasteiger partial charge in [0.1, 0.15) is 0 Å². The molecule has 0 aliphatic carbocycles. The van der Waals surface area contributed by atoms with Gasteiger partial charge in [0.05, 0.1) is 19.8 Å². The highest BCUT2D eigenvalue weighted by molar-refractivity contribution is 6.30. The number of nitrogens with zero attached hydrogens (tertiary/aromatic N) is 3. The van der Waals surface area contributed by atoms with Crippen LogP contribution in [-0.4, -0.2) is 52.1 Å². The van der Waals surface area contributed by atoms with Crippen molar-refractivity contribution in [3.8, 4) is 11.4 Å². The molecule has 2 N–H and O–H groups in total. The average molecular weight is 326 g/mol. The summed E-state index contributed by atoms with van der Waals surface area (Å²) < 4.78 is 5.24. The molecule has 1 aromatic carbocycles. The number of rotatable bonds is 7. The van der Waals surface area contributed by atoms with Crippen LogP contribution in [0.1, 0.15) is 12.8 Å². The minimum atomic E-state index is -0.565. The fraction of sp³-hybridized carbons (Fsp3) is 0.467. The van der Waals surface area contributed by atoms with Crippen molar-refractivity contribution in [3.63, 3.8) is 0 Å². The number of halogens is 1. The first-order valence-corrected chi connectivity index (χ1v) is 7.32. The van der Waals surface area contributed by atoms with Crippen molar-refractivity contribution < 1.29 is 14.7 Å². The molecule has 7 heteroatoms. The second kappa shape index (κ2) is 7.19. The zero-order chi connectivity index (χ0) is 16.2. The summed E-state index contributed by atoms with van der Waals surface area (Å²) in [5.41, 5.74) is 0.227. The third-order valence-electron chi connectivity index (χ3n) is 3.37. The molecule has 0 spiro atoms. The van der Waals surface area contributed by atoms with E-state index in [4.69, 9.17) is 16.1 Å². The maximum atomic E-state index is 9.33. The van der Waals surface area contributed by atoms with Crippen LogP contribution in [0.25, 0.3) is 11.4 Å². The summed E-state index contributed by atoms with van der Waals surface area (Å²) in [4.78, 5) is 6.26. The van der Waals surface area contributed by atoms with Crippen LogP contribution < -0.4 is 0 Å². The van der Waals surface area contributed by atoms with Crippen molar-refractivity contribution in [2.75, 3.05) is 26.8 Å². The predicted molar refractivity (Wildman–Crippen MR) is 83.4 cm³/mol. The fourth-order valence-electron chi connectivity index (χ4n) is 2.15. The Morgan fingerprint density at radius 2 is 2.05 bits per heavy atom. The van der Waals surface area contributed by atoms with Gasteiger partial charge in [0.15, 0.2) is 0 Å². The molecule has 1 heterocycles. The number of hydrogen-bond acceptors (Lipinski definition) is 6. The summed E-state index contributed by atoms with van der Waals surface area (Å²) in [7, 11) is 1.87. The van der Waals surface area contributed by atoms with E-state index in [1.807, 2.05) is 31.0 Å². The Morgan fingerprint density at radius 3 is 2.68 bits per heavy atom. The van der Waals surface area contributed by atoms with E-state index in [9.17, 15) is 10.2 Å². The summed E-state index contributed by atoms with van der Waals surface area (Å²) >= 11 is 5.95. The minimum absolute atomic E-state index is 0.0918. The maximum absolute atomic E-state index is 9.33. The molecule has 2 aromatic rings. The van der Waals surface area contributed by atoms with Crippen LogP contribution in [0, 0.1) is 5.41 Å². The molecule has 0 unspecified atom stereocenters. The normalized spacial score (nSPS) is 12.1. The highest BCUT2D eigenvalue weighted by atomic mass is 35.5. The Hall–Kier alpha value is -1.47. The smallest absolute Gasteiger partial charge is 0.241 e. The first-order valence-electron chi connectivity index (χ1n) is 6.94. The first-order chi connectivity index (χ1) is 10.5. The van der Waals surface area contributed by atoms with Gasteiger partial charge in [-0.3, -0.25) is 4.90 Å². The van der Waals surface area contributed by atoms with Crippen molar-refractivity contribution in [3.05, 3.63) is 35.2 Å². The van der Waals surface area contributed by atoms with E-state index in [2.05, 4.69) is 10.1 Å². The molecule has 22 heavy (non-hydrogen) atoms. The lowest BCUT2D eigenvalue weighted by Crippen LogP contribution is -2.38. The van der Waals surface area contributed by atoms with E-state index < -0.39 is 5.41 Å². The van der Waals surface area contributed by atoms with E-state index in [0.29, 0.717) is 29.8 Å². The molecule has 0 aliphatic heterocycles. The molecule has 0 fully saturated rings. The molecule has 0 atom stereocenters. The van der Waals surface area contributed by atoms with Crippen LogP contribution >= 0.6 is 11.6 Å². The van der Waals surface area contributed by atoms with Gasteiger partial charge in [0.2, 0.25) is 11.7 Å². The maximum Gasteiger partial charge on any atom is 0.241 e. The highest BCUT2D eigenvalue weighted by Gasteiger charge is 2.25. The first kappa shape index (κ1) is 16.9. The van der Waals surface area contributed by atoms with Gasteiger partial charge in [0, 0.05) is 22.5 Å². The third-order valence-corrected chi connectivity index (χ3v) is 3.61. The van der Waals surface area contributed by atoms with Crippen LogP contribution in [0.2, 0.25) is 5.02 Å². The molecular weight excluding hydrogens is 306 g/mol. The molecule has 6 nitrogen and oxygen atoms in total. The largest absolute Gasteiger partial charge is 0.396 e. The lowest BCUT2D eigenvalue weighted by molar-refractivity contribution is 0.0378. The summed E-state index contributed by atoms with van der Waals surface area (Å²) in [5, 5.41) is 23.2. The molecule has 0 saturated carbocycles. The van der Waals surface area contributed by atoms with E-state index in [0.717, 1.165) is 5.56 Å². The number of aliphatic hydroxyl groups is 2. The standard InChI is InChI=1S/C15H20ClN3O3/c1-15(9-20,10-21)8-19(2)7-13-17-14(18-22-13)11-4-3-5-12(16)6-11/h3-6,20-21H,7-10H2,1-2H3. The Labute approximate surface area is 134 Å². The Morgan fingerprint density at radius 1 is 1.32 bits per heavy atom. The molecule has 2 rings (SSSR count). The zero-order valence-electron chi connectivity index (χ0n) is 12.7. The molecule has 0 saturated heterocycles. The lowest BCUT2D eigenvalue weighted by atomic mass is 9.92. The molecule has 0 amide bonds. The van der Waals surface area contributed by atoms with Crippen molar-refractivity contribution in [1.29, 1.82) is 0 Å². The van der Waals surface area contributed by atoms with Gasteiger partial charge in [0.25, 0.3) is 0 Å². The second-order valence-corrected chi connectivity index (χ2v) is 6.26. The van der Waals surface area contributed by atoms with Gasteiger partial charge in [-0.2, -0.15) is 4.98 Å². The Bertz CT molecular complexity index is 614. The van der Waals surface area contributed by atoms with Crippen LogP contribution in [0.3, 0.4) is 0 Å². The van der Waals surface area contributed by atoms with Crippen molar-refractivity contribution >= 4 is 11.6 Å². The van der Waals surface area contributed by atoms with Crippen LogP contribution in [0.15, 0.2) is 28.8 Å². The van der Waals surface area contributed by atoms with Crippen molar-refractivity contribution in [2.24, 2.45) is 5.41 Å². The third kappa shape index (κ3) is 4.27. The minimum Gasteiger partial charge on any atom is -0.396 e. The molecule has 1 aromatic heterocycles. The molecule has 0 bridgehead atoms. The fourth-order valence-corrected chi connectivity index (χ4v) is 2.34. The van der Waals surface area contributed by atoms with Gasteiger partial charge in [-0.25, -0.2) is 0 Å². The summed E-state index contributed by atoms with van der Waals surface area (Å²) in [5.74, 6) is 0.952. The van der Waals surface area contributed by atoms with Crippen LogP contribution in [0.5, 0.6) is 0 Å². The van der Waals surface area contributed by atoms with E-state index >= 15 is 0 Å². The molecule has 0 radical (unpaired) electrons. The van der Waals surface area contributed by atoms with Gasteiger partial charge < -0.3 is 14.7 Å². The Balaban J connectivity index is 2.03. The van der Waals surface area contributed by atoms with E-state index in [1.54, 1.807) is 12.1 Å². The summed E-state index contributed by atoms with van der Waals surface area (Å²) in [6, 6.07) is 7.24. The summed E-state index contributed by atoms with van der Waals surface area (Å²) in [6.07, 6.45) is 0. The van der Waals surface area contributed by atoms with Gasteiger partial charge in [-0.15, -0.1) is 0 Å². The second-order valence-electron chi connectivity index (χ2n) is 5.82. The topological polar surface area (TPSA) is 82.6 Å². The van der Waals surface area contributed by atoms with Gasteiger partial charge in [-0.1, -0.05) is 35.8 Å². The Kier molecular flexibility index (Phi) is 5.52. The number of hydrogen-bond donors (Lipinski definition) is 2. The molecule has 120 valence electrons. The predicted octanol–water partition coefficient (Wildman–Crippen LogP) is 1.81. The quantitative estimate of drug-likeness (QED) is 0.808. The van der Waals surface area contributed by atoms with Crippen LogP contribution in [0.4, 0.5) is 0 Å². The van der Waals surface area contributed by atoms with E-state index in [-0.39, 0.29) is 13.2 Å². The number of aliphatic hydroxyl groups excluding tert-OH is 2. The lowest BCUT2D eigenvalue weighted by Gasteiger charge is -2.29. The van der Waals surface area contributed by atoms with Gasteiger partial charge in [-0.05, 0) is 19.2 Å². The van der Waals surface area contributed by atoms with Gasteiger partial charge >= 0.3 is 0 Å². The summed E-state index contributed by atoms with van der Waals surface area (Å²) in [6.45, 7) is 2.57. The van der Waals surface area contributed by atoms with E-state index in [1.165, 1.54) is 0 Å². The molecular formula is C15H20ClN3O3. The van der Waals surface area contributed by atoms with Crippen molar-refractivity contribution in [2.45, 2.75) is 13.5 Å². The number of benzene rings is 1. The highest BCUT2D eigenvalue weighted by Crippen LogP contribution is 2.21. The van der Waals surface area contributed by atoms with Crippen LogP contribution in [-0.2, 0) is 6.54 Å². The average Bonchev–Trinajstić information content (AvgIpc) is 2.95. The molecule has 0 aliphatic rings.